The molecule has 0 spiro atoms. The molecule has 0 aliphatic rings. The van der Waals surface area contributed by atoms with Crippen molar-refractivity contribution in [3.8, 4) is 0 Å². The first-order chi connectivity index (χ1) is 9.04. The molecule has 2 rings (SSSR count). The van der Waals surface area contributed by atoms with Gasteiger partial charge in [-0.15, -0.1) is 0 Å². The highest BCUT2D eigenvalue weighted by atomic mass is 15.0. The molecule has 0 saturated carbocycles. The number of hydrogen-bond acceptors (Lipinski definition) is 4. The molecule has 2 aromatic heterocycles. The molecule has 1 N–H and O–H groups in total. The summed E-state index contributed by atoms with van der Waals surface area (Å²) in [6.45, 7) is 8.90. The van der Waals surface area contributed by atoms with E-state index in [4.69, 9.17) is 0 Å². The van der Waals surface area contributed by atoms with Crippen LogP contribution in [0.15, 0.2) is 24.4 Å². The Kier molecular flexibility index (Phi) is 4.10. The van der Waals surface area contributed by atoms with E-state index in [9.17, 15) is 0 Å². The molecule has 4 nitrogen and oxygen atoms in total. The lowest BCUT2D eigenvalue weighted by atomic mass is 10.2. The minimum absolute atomic E-state index is 0.335. The maximum Gasteiger partial charge on any atom is 0.133 e. The van der Waals surface area contributed by atoms with Crippen molar-refractivity contribution in [2.75, 3.05) is 5.32 Å². The standard InChI is InChI=1S/C15H20N4/c1-10(2)15-18-12(4)7-14(19-15)17-9-13-6-5-11(3)16-8-13/h5-8,10H,9H2,1-4H3,(H,17,18,19). The molecule has 0 aromatic carbocycles. The molecule has 0 aliphatic carbocycles. The van der Waals surface area contributed by atoms with Crippen LogP contribution in [0.3, 0.4) is 0 Å². The van der Waals surface area contributed by atoms with Crippen molar-refractivity contribution < 1.29 is 0 Å². The molecule has 0 saturated heterocycles. The summed E-state index contributed by atoms with van der Waals surface area (Å²) in [5, 5.41) is 3.33. The Labute approximate surface area is 114 Å². The smallest absolute Gasteiger partial charge is 0.133 e. The first kappa shape index (κ1) is 13.5. The summed E-state index contributed by atoms with van der Waals surface area (Å²) in [6, 6.07) is 6.06. The lowest BCUT2D eigenvalue weighted by Crippen LogP contribution is -2.06. The van der Waals surface area contributed by atoms with Gasteiger partial charge < -0.3 is 5.32 Å². The van der Waals surface area contributed by atoms with Crippen LogP contribution in [0.4, 0.5) is 5.82 Å². The molecule has 0 unspecified atom stereocenters. The Balaban J connectivity index is 2.08. The van der Waals surface area contributed by atoms with E-state index in [1.54, 1.807) is 0 Å². The van der Waals surface area contributed by atoms with E-state index in [-0.39, 0.29) is 0 Å². The summed E-state index contributed by atoms with van der Waals surface area (Å²) in [7, 11) is 0. The highest BCUT2D eigenvalue weighted by Crippen LogP contribution is 2.14. The number of hydrogen-bond donors (Lipinski definition) is 1. The van der Waals surface area contributed by atoms with E-state index >= 15 is 0 Å². The quantitative estimate of drug-likeness (QED) is 0.912. The number of aromatic nitrogens is 3. The van der Waals surface area contributed by atoms with Gasteiger partial charge in [-0.3, -0.25) is 4.98 Å². The van der Waals surface area contributed by atoms with Gasteiger partial charge >= 0.3 is 0 Å². The van der Waals surface area contributed by atoms with Gasteiger partial charge in [0.15, 0.2) is 0 Å². The van der Waals surface area contributed by atoms with Crippen LogP contribution in [0.2, 0.25) is 0 Å². The minimum Gasteiger partial charge on any atom is -0.366 e. The van der Waals surface area contributed by atoms with Crippen LogP contribution in [-0.4, -0.2) is 15.0 Å². The van der Waals surface area contributed by atoms with E-state index < -0.39 is 0 Å². The summed E-state index contributed by atoms with van der Waals surface area (Å²) >= 11 is 0. The third-order valence-electron chi connectivity index (χ3n) is 2.83. The third kappa shape index (κ3) is 3.74. The van der Waals surface area contributed by atoms with Crippen molar-refractivity contribution in [1.82, 2.24) is 15.0 Å². The molecule has 19 heavy (non-hydrogen) atoms. The molecule has 0 aliphatic heterocycles. The van der Waals surface area contributed by atoms with Crippen LogP contribution >= 0.6 is 0 Å². The highest BCUT2D eigenvalue weighted by molar-refractivity contribution is 5.37. The molecule has 100 valence electrons. The monoisotopic (exact) mass is 256 g/mol. The fourth-order valence-corrected chi connectivity index (χ4v) is 1.74. The number of anilines is 1. The zero-order valence-corrected chi connectivity index (χ0v) is 11.9. The van der Waals surface area contributed by atoms with Crippen molar-refractivity contribution in [2.24, 2.45) is 0 Å². The van der Waals surface area contributed by atoms with Crippen LogP contribution < -0.4 is 5.32 Å². The molecule has 2 aromatic rings. The number of pyridine rings is 1. The molecule has 0 fully saturated rings. The van der Waals surface area contributed by atoms with E-state index in [1.807, 2.05) is 32.2 Å². The Morgan fingerprint density at radius 3 is 2.53 bits per heavy atom. The number of aryl methyl sites for hydroxylation is 2. The van der Waals surface area contributed by atoms with Crippen molar-refractivity contribution in [1.29, 1.82) is 0 Å². The van der Waals surface area contributed by atoms with E-state index in [1.165, 1.54) is 0 Å². The van der Waals surface area contributed by atoms with Crippen LogP contribution in [0, 0.1) is 13.8 Å². The van der Waals surface area contributed by atoms with Gasteiger partial charge in [0.05, 0.1) is 0 Å². The molecule has 4 heteroatoms. The van der Waals surface area contributed by atoms with Crippen LogP contribution in [0.25, 0.3) is 0 Å². The topological polar surface area (TPSA) is 50.7 Å². The van der Waals surface area contributed by atoms with Gasteiger partial charge in [-0.1, -0.05) is 19.9 Å². The van der Waals surface area contributed by atoms with Gasteiger partial charge in [0.1, 0.15) is 11.6 Å². The summed E-state index contributed by atoms with van der Waals surface area (Å²) in [4.78, 5) is 13.2. The number of nitrogens with zero attached hydrogens (tertiary/aromatic N) is 3. The SMILES string of the molecule is Cc1ccc(CNc2cc(C)nc(C(C)C)n2)cn1. The molecule has 0 amide bonds. The second kappa shape index (κ2) is 5.78. The lowest BCUT2D eigenvalue weighted by molar-refractivity contribution is 0.766. The van der Waals surface area contributed by atoms with Crippen LogP contribution in [0.5, 0.6) is 0 Å². The fraction of sp³-hybridized carbons (Fsp3) is 0.400. The Morgan fingerprint density at radius 2 is 1.89 bits per heavy atom. The van der Waals surface area contributed by atoms with Crippen LogP contribution in [-0.2, 0) is 6.54 Å². The summed E-state index contributed by atoms with van der Waals surface area (Å²) in [6.07, 6.45) is 1.89. The van der Waals surface area contributed by atoms with Gasteiger partial charge in [0.2, 0.25) is 0 Å². The second-order valence-corrected chi connectivity index (χ2v) is 5.07. The first-order valence-electron chi connectivity index (χ1n) is 6.55. The zero-order valence-electron chi connectivity index (χ0n) is 11.9. The third-order valence-corrected chi connectivity index (χ3v) is 2.83. The van der Waals surface area contributed by atoms with E-state index in [0.29, 0.717) is 5.92 Å². The average Bonchev–Trinajstić information content (AvgIpc) is 2.37. The van der Waals surface area contributed by atoms with Gasteiger partial charge in [-0.05, 0) is 25.5 Å². The van der Waals surface area contributed by atoms with E-state index in [2.05, 4.69) is 40.2 Å². The zero-order chi connectivity index (χ0) is 13.8. The van der Waals surface area contributed by atoms with Crippen LogP contribution in [0.1, 0.15) is 42.5 Å². The maximum absolute atomic E-state index is 4.52. The average molecular weight is 256 g/mol. The Hall–Kier alpha value is -1.97. The molecule has 0 bridgehead atoms. The van der Waals surface area contributed by atoms with Gasteiger partial charge in [-0.25, -0.2) is 9.97 Å². The van der Waals surface area contributed by atoms with Crippen molar-refractivity contribution in [2.45, 2.75) is 40.2 Å². The molecule has 0 atom stereocenters. The minimum atomic E-state index is 0.335. The van der Waals surface area contributed by atoms with Gasteiger partial charge in [0, 0.05) is 36.1 Å². The molecule has 2 heterocycles. The van der Waals surface area contributed by atoms with Gasteiger partial charge in [0.25, 0.3) is 0 Å². The van der Waals surface area contributed by atoms with Crippen molar-refractivity contribution in [3.63, 3.8) is 0 Å². The number of rotatable bonds is 4. The van der Waals surface area contributed by atoms with Crippen molar-refractivity contribution >= 4 is 5.82 Å². The maximum atomic E-state index is 4.52. The molecular formula is C15H20N4. The lowest BCUT2D eigenvalue weighted by Gasteiger charge is -2.10. The first-order valence-corrected chi connectivity index (χ1v) is 6.55. The summed E-state index contributed by atoms with van der Waals surface area (Å²) in [5.41, 5.74) is 3.17. The fourth-order valence-electron chi connectivity index (χ4n) is 1.74. The second-order valence-electron chi connectivity index (χ2n) is 5.07. The molecule has 0 radical (unpaired) electrons. The van der Waals surface area contributed by atoms with Crippen molar-refractivity contribution in [3.05, 3.63) is 47.2 Å². The Bertz CT molecular complexity index is 547. The molecular weight excluding hydrogens is 236 g/mol. The predicted molar refractivity (Wildman–Crippen MR) is 77.2 cm³/mol. The van der Waals surface area contributed by atoms with E-state index in [0.717, 1.165) is 35.1 Å². The van der Waals surface area contributed by atoms with Gasteiger partial charge in [-0.2, -0.15) is 0 Å². The normalized spacial score (nSPS) is 10.8. The number of nitrogens with one attached hydrogen (secondary N) is 1. The summed E-state index contributed by atoms with van der Waals surface area (Å²) < 4.78 is 0. The summed E-state index contributed by atoms with van der Waals surface area (Å²) in [5.74, 6) is 2.09. The largest absolute Gasteiger partial charge is 0.366 e. The predicted octanol–water partition coefficient (Wildman–Crippen LogP) is 3.22. The Morgan fingerprint density at radius 1 is 1.11 bits per heavy atom. The highest BCUT2D eigenvalue weighted by Gasteiger charge is 2.06.